The number of anilines is 1. The number of hydrogen-bond donors (Lipinski definition) is 0. The quantitative estimate of drug-likeness (QED) is 0.863. The highest BCUT2D eigenvalue weighted by Crippen LogP contribution is 2.25. The molecule has 1 aromatic heterocycles. The molecule has 104 valence electrons. The zero-order valence-electron chi connectivity index (χ0n) is 11.5. The summed E-state index contributed by atoms with van der Waals surface area (Å²) in [7, 11) is 3.65. The maximum absolute atomic E-state index is 5.88. The molecule has 0 amide bonds. The van der Waals surface area contributed by atoms with Crippen molar-refractivity contribution in [2.24, 2.45) is 0 Å². The zero-order chi connectivity index (χ0) is 14.5. The Hall–Kier alpha value is -2.14. The van der Waals surface area contributed by atoms with Crippen LogP contribution in [0.15, 0.2) is 30.3 Å². The fourth-order valence-electron chi connectivity index (χ4n) is 1.56. The zero-order valence-corrected chi connectivity index (χ0v) is 12.3. The van der Waals surface area contributed by atoms with Gasteiger partial charge in [0.2, 0.25) is 11.2 Å². The van der Waals surface area contributed by atoms with Gasteiger partial charge in [-0.25, -0.2) is 0 Å². The van der Waals surface area contributed by atoms with Crippen LogP contribution in [-0.2, 0) is 0 Å². The molecule has 0 bridgehead atoms. The van der Waals surface area contributed by atoms with Gasteiger partial charge in [-0.2, -0.15) is 15.0 Å². The van der Waals surface area contributed by atoms with E-state index in [4.69, 9.17) is 16.3 Å². The molecular formula is C14H15ClN4O. The molecule has 0 radical (unpaired) electrons. The van der Waals surface area contributed by atoms with Crippen LogP contribution in [0.4, 0.5) is 5.95 Å². The summed E-state index contributed by atoms with van der Waals surface area (Å²) in [6.07, 6.45) is 3.89. The summed E-state index contributed by atoms with van der Waals surface area (Å²) in [5.74, 6) is 1.11. The van der Waals surface area contributed by atoms with Gasteiger partial charge in [-0.05, 0) is 24.6 Å². The van der Waals surface area contributed by atoms with Crippen molar-refractivity contribution in [1.29, 1.82) is 0 Å². The van der Waals surface area contributed by atoms with Crippen LogP contribution in [0, 0.1) is 0 Å². The largest absolute Gasteiger partial charge is 0.424 e. The van der Waals surface area contributed by atoms with Crippen LogP contribution in [0.5, 0.6) is 11.8 Å². The molecule has 2 aromatic rings. The third-order valence-electron chi connectivity index (χ3n) is 2.44. The third-order valence-corrected chi connectivity index (χ3v) is 2.61. The van der Waals surface area contributed by atoms with Crippen molar-refractivity contribution in [2.75, 3.05) is 19.0 Å². The highest BCUT2D eigenvalue weighted by Gasteiger charge is 2.10. The van der Waals surface area contributed by atoms with Gasteiger partial charge in [-0.1, -0.05) is 30.4 Å². The Morgan fingerprint density at radius 2 is 1.90 bits per heavy atom. The fraction of sp³-hybridized carbons (Fsp3) is 0.214. The maximum Gasteiger partial charge on any atom is 0.328 e. The molecule has 0 unspecified atom stereocenters. The molecule has 0 saturated carbocycles. The first-order valence-corrected chi connectivity index (χ1v) is 6.46. The minimum Gasteiger partial charge on any atom is -0.424 e. The Labute approximate surface area is 122 Å². The topological polar surface area (TPSA) is 51.1 Å². The van der Waals surface area contributed by atoms with Crippen LogP contribution in [-0.4, -0.2) is 29.0 Å². The Morgan fingerprint density at radius 3 is 2.60 bits per heavy atom. The van der Waals surface area contributed by atoms with Crippen molar-refractivity contribution < 1.29 is 4.74 Å². The van der Waals surface area contributed by atoms with Gasteiger partial charge in [0, 0.05) is 19.7 Å². The Kier molecular flexibility index (Phi) is 4.53. The van der Waals surface area contributed by atoms with Gasteiger partial charge < -0.3 is 9.64 Å². The first-order valence-electron chi connectivity index (χ1n) is 6.08. The van der Waals surface area contributed by atoms with Gasteiger partial charge in [0.05, 0.1) is 0 Å². The number of rotatable bonds is 4. The second kappa shape index (κ2) is 6.34. The fourth-order valence-corrected chi connectivity index (χ4v) is 1.70. The van der Waals surface area contributed by atoms with Crippen molar-refractivity contribution in [2.45, 2.75) is 6.92 Å². The number of benzene rings is 1. The van der Waals surface area contributed by atoms with E-state index in [1.54, 1.807) is 4.90 Å². The minimum absolute atomic E-state index is 0.0993. The predicted octanol–water partition coefficient (Wildman–Crippen LogP) is 3.42. The Balaban J connectivity index is 2.35. The average Bonchev–Trinajstić information content (AvgIpc) is 2.40. The summed E-state index contributed by atoms with van der Waals surface area (Å²) in [6, 6.07) is 7.80. The number of para-hydroxylation sites is 1. The molecule has 0 aliphatic rings. The van der Waals surface area contributed by atoms with Gasteiger partial charge in [0.1, 0.15) is 5.75 Å². The molecule has 0 aliphatic carbocycles. The molecule has 0 fully saturated rings. The lowest BCUT2D eigenvalue weighted by Gasteiger charge is -2.12. The summed E-state index contributed by atoms with van der Waals surface area (Å²) in [5.41, 5.74) is 0.943. The monoisotopic (exact) mass is 290 g/mol. The molecule has 0 spiro atoms. The van der Waals surface area contributed by atoms with Crippen molar-refractivity contribution in [3.63, 3.8) is 0 Å². The molecule has 5 nitrogen and oxygen atoms in total. The van der Waals surface area contributed by atoms with E-state index in [9.17, 15) is 0 Å². The van der Waals surface area contributed by atoms with E-state index in [-0.39, 0.29) is 11.3 Å². The van der Waals surface area contributed by atoms with Crippen LogP contribution in [0.1, 0.15) is 12.5 Å². The summed E-state index contributed by atoms with van der Waals surface area (Å²) in [6.45, 7) is 1.95. The summed E-state index contributed by atoms with van der Waals surface area (Å²) < 4.78 is 5.71. The molecule has 2 rings (SSSR count). The maximum atomic E-state index is 5.88. The standard InChI is InChI=1S/C14H15ClN4O/c1-4-7-10-8-5-6-9-11(10)20-14-17-12(15)16-13(18-14)19(2)3/h4-9H,1-3H3. The van der Waals surface area contributed by atoms with Gasteiger partial charge in [-0.15, -0.1) is 0 Å². The molecule has 0 atom stereocenters. The smallest absolute Gasteiger partial charge is 0.328 e. The molecule has 6 heteroatoms. The van der Waals surface area contributed by atoms with Crippen molar-refractivity contribution in [3.8, 4) is 11.8 Å². The SMILES string of the molecule is CC=Cc1ccccc1Oc1nc(Cl)nc(N(C)C)n1. The number of aromatic nitrogens is 3. The normalized spacial score (nSPS) is 10.8. The number of ether oxygens (including phenoxy) is 1. The van der Waals surface area contributed by atoms with Crippen LogP contribution in [0.2, 0.25) is 5.28 Å². The Morgan fingerprint density at radius 1 is 1.15 bits per heavy atom. The number of nitrogens with zero attached hydrogens (tertiary/aromatic N) is 4. The second-order valence-electron chi connectivity index (χ2n) is 4.22. The summed E-state index contributed by atoms with van der Waals surface area (Å²) in [4.78, 5) is 13.9. The van der Waals surface area contributed by atoms with Crippen LogP contribution < -0.4 is 9.64 Å². The highest BCUT2D eigenvalue weighted by molar-refractivity contribution is 6.28. The molecule has 20 heavy (non-hydrogen) atoms. The van der Waals surface area contributed by atoms with E-state index >= 15 is 0 Å². The molecular weight excluding hydrogens is 276 g/mol. The first-order chi connectivity index (χ1) is 9.60. The van der Waals surface area contributed by atoms with Crippen molar-refractivity contribution in [1.82, 2.24) is 15.0 Å². The summed E-state index contributed by atoms with van der Waals surface area (Å²) >= 11 is 5.88. The van der Waals surface area contributed by atoms with Gasteiger partial charge >= 0.3 is 6.01 Å². The van der Waals surface area contributed by atoms with Crippen LogP contribution in [0.25, 0.3) is 6.08 Å². The van der Waals surface area contributed by atoms with Gasteiger partial charge in [0.25, 0.3) is 0 Å². The van der Waals surface area contributed by atoms with Crippen molar-refractivity contribution in [3.05, 3.63) is 41.2 Å². The first kappa shape index (κ1) is 14.3. The number of hydrogen-bond acceptors (Lipinski definition) is 5. The Bertz CT molecular complexity index is 628. The van der Waals surface area contributed by atoms with Crippen LogP contribution in [0.3, 0.4) is 0 Å². The minimum atomic E-state index is 0.0993. The molecule has 0 aliphatic heterocycles. The van der Waals surface area contributed by atoms with E-state index in [1.165, 1.54) is 0 Å². The molecule has 1 heterocycles. The van der Waals surface area contributed by atoms with Crippen molar-refractivity contribution >= 4 is 23.6 Å². The molecule has 0 N–H and O–H groups in total. The highest BCUT2D eigenvalue weighted by atomic mass is 35.5. The summed E-state index contributed by atoms with van der Waals surface area (Å²) in [5, 5.41) is 0.0993. The van der Waals surface area contributed by atoms with E-state index in [0.717, 1.165) is 5.56 Å². The lowest BCUT2D eigenvalue weighted by atomic mass is 10.2. The van der Waals surface area contributed by atoms with Gasteiger partial charge in [-0.3, -0.25) is 0 Å². The van der Waals surface area contributed by atoms with Crippen LogP contribution >= 0.6 is 11.6 Å². The number of allylic oxidation sites excluding steroid dienone is 1. The van der Waals surface area contributed by atoms with E-state index in [1.807, 2.05) is 57.4 Å². The average molecular weight is 291 g/mol. The van der Waals surface area contributed by atoms with Gasteiger partial charge in [0.15, 0.2) is 0 Å². The lowest BCUT2D eigenvalue weighted by molar-refractivity contribution is 0.438. The third kappa shape index (κ3) is 3.45. The number of halogens is 1. The molecule has 1 aromatic carbocycles. The second-order valence-corrected chi connectivity index (χ2v) is 4.56. The van der Waals surface area contributed by atoms with E-state index in [0.29, 0.717) is 11.7 Å². The predicted molar refractivity (Wildman–Crippen MR) is 80.4 cm³/mol. The molecule has 0 saturated heterocycles. The van der Waals surface area contributed by atoms with E-state index < -0.39 is 0 Å². The lowest BCUT2D eigenvalue weighted by Crippen LogP contribution is -2.13. The van der Waals surface area contributed by atoms with E-state index in [2.05, 4.69) is 15.0 Å².